The molecule has 0 fully saturated rings. The average molecular weight is 321 g/mol. The summed E-state index contributed by atoms with van der Waals surface area (Å²) >= 11 is 10.6. The number of carbonyl (C=O) groups is 1. The van der Waals surface area contributed by atoms with E-state index in [9.17, 15) is 4.79 Å². The molecule has 2 rings (SSSR count). The zero-order chi connectivity index (χ0) is 15.2. The molecular weight excluding hydrogens is 308 g/mol. The Kier molecular flexibility index (Phi) is 5.14. The maximum atomic E-state index is 11.8. The fraction of sp³-hybridized carbons (Fsp3) is 0.0667. The van der Waals surface area contributed by atoms with Crippen molar-refractivity contribution in [2.45, 2.75) is 0 Å². The molecule has 2 aromatic carbocycles. The normalized spacial score (nSPS) is 9.95. The molecule has 0 aromatic heterocycles. The molecular formula is C15H13ClN2O2S. The molecule has 0 unspecified atom stereocenters. The fourth-order valence-corrected chi connectivity index (χ4v) is 1.86. The van der Waals surface area contributed by atoms with Crippen LogP contribution < -0.4 is 15.8 Å². The van der Waals surface area contributed by atoms with Gasteiger partial charge in [0.05, 0.1) is 0 Å². The van der Waals surface area contributed by atoms with E-state index in [0.717, 1.165) is 5.56 Å². The number of hydrogen-bond acceptors (Lipinski definition) is 3. The quantitative estimate of drug-likeness (QED) is 0.831. The molecule has 0 radical (unpaired) electrons. The number of amides is 1. The molecule has 0 aliphatic carbocycles. The number of halogens is 1. The van der Waals surface area contributed by atoms with Crippen LogP contribution in [0.15, 0.2) is 48.5 Å². The SMILES string of the molecule is NC(=S)c1ccc(NC(=O)COc2ccc(Cl)cc2)cc1. The third-order valence-electron chi connectivity index (χ3n) is 2.64. The standard InChI is InChI=1S/C15H13ClN2O2S/c16-11-3-7-13(8-4-11)20-9-14(19)18-12-5-1-10(2-6-12)15(17)21/h1-8H,9H2,(H2,17,21)(H,18,19). The van der Waals surface area contributed by atoms with Crippen LogP contribution in [0.5, 0.6) is 5.75 Å². The second-order valence-electron chi connectivity index (χ2n) is 4.23. The molecule has 108 valence electrons. The first kappa shape index (κ1) is 15.3. The van der Waals surface area contributed by atoms with E-state index in [1.807, 2.05) is 0 Å². The molecule has 0 atom stereocenters. The molecule has 0 spiro atoms. The highest BCUT2D eigenvalue weighted by atomic mass is 35.5. The van der Waals surface area contributed by atoms with Crippen molar-refractivity contribution in [2.75, 3.05) is 11.9 Å². The van der Waals surface area contributed by atoms with E-state index in [0.29, 0.717) is 21.4 Å². The van der Waals surface area contributed by atoms with Crippen molar-refractivity contribution >= 4 is 40.4 Å². The van der Waals surface area contributed by atoms with Crippen LogP contribution in [-0.4, -0.2) is 17.5 Å². The summed E-state index contributed by atoms with van der Waals surface area (Å²) in [6.45, 7) is -0.0846. The third-order valence-corrected chi connectivity index (χ3v) is 3.12. The summed E-state index contributed by atoms with van der Waals surface area (Å²) in [5.74, 6) is 0.325. The Morgan fingerprint density at radius 2 is 1.76 bits per heavy atom. The van der Waals surface area contributed by atoms with Crippen LogP contribution in [0.2, 0.25) is 5.02 Å². The minimum absolute atomic E-state index is 0.0846. The Morgan fingerprint density at radius 1 is 1.14 bits per heavy atom. The number of anilines is 1. The lowest BCUT2D eigenvalue weighted by molar-refractivity contribution is -0.118. The largest absolute Gasteiger partial charge is 0.484 e. The molecule has 4 nitrogen and oxygen atoms in total. The van der Waals surface area contributed by atoms with Crippen LogP contribution in [-0.2, 0) is 4.79 Å². The first-order valence-corrected chi connectivity index (χ1v) is 6.91. The number of carbonyl (C=O) groups excluding carboxylic acids is 1. The smallest absolute Gasteiger partial charge is 0.262 e. The molecule has 21 heavy (non-hydrogen) atoms. The lowest BCUT2D eigenvalue weighted by Crippen LogP contribution is -2.20. The lowest BCUT2D eigenvalue weighted by Gasteiger charge is -2.08. The number of nitrogens with two attached hydrogens (primary N) is 1. The monoisotopic (exact) mass is 320 g/mol. The fourth-order valence-electron chi connectivity index (χ4n) is 1.59. The van der Waals surface area contributed by atoms with Crippen LogP contribution in [0.4, 0.5) is 5.69 Å². The molecule has 0 bridgehead atoms. The molecule has 0 saturated heterocycles. The van der Waals surface area contributed by atoms with Crippen LogP contribution in [0.25, 0.3) is 0 Å². The maximum absolute atomic E-state index is 11.8. The molecule has 2 aromatic rings. The summed E-state index contributed by atoms with van der Waals surface area (Å²) in [6.07, 6.45) is 0. The van der Waals surface area contributed by atoms with Crippen molar-refractivity contribution in [3.63, 3.8) is 0 Å². The van der Waals surface area contributed by atoms with Gasteiger partial charge in [0.2, 0.25) is 0 Å². The zero-order valence-electron chi connectivity index (χ0n) is 11.0. The molecule has 6 heteroatoms. The Balaban J connectivity index is 1.86. The van der Waals surface area contributed by atoms with Gasteiger partial charge in [-0.1, -0.05) is 23.8 Å². The molecule has 1 amide bonds. The van der Waals surface area contributed by atoms with Gasteiger partial charge < -0.3 is 15.8 Å². The van der Waals surface area contributed by atoms with Crippen molar-refractivity contribution in [3.05, 3.63) is 59.1 Å². The number of rotatable bonds is 5. The molecule has 0 saturated carbocycles. The number of nitrogens with one attached hydrogen (secondary N) is 1. The summed E-state index contributed by atoms with van der Waals surface area (Å²) in [4.78, 5) is 12.1. The van der Waals surface area contributed by atoms with Gasteiger partial charge in [-0.05, 0) is 48.5 Å². The van der Waals surface area contributed by atoms with Crippen LogP contribution in [0.1, 0.15) is 5.56 Å². The number of thiocarbonyl (C=S) groups is 1. The van der Waals surface area contributed by atoms with Crippen LogP contribution >= 0.6 is 23.8 Å². The average Bonchev–Trinajstić information content (AvgIpc) is 2.47. The van der Waals surface area contributed by atoms with Crippen molar-refractivity contribution in [2.24, 2.45) is 5.73 Å². The van der Waals surface area contributed by atoms with Crippen molar-refractivity contribution in [1.82, 2.24) is 0 Å². The van der Waals surface area contributed by atoms with Gasteiger partial charge in [-0.25, -0.2) is 0 Å². The Morgan fingerprint density at radius 3 is 2.33 bits per heavy atom. The second kappa shape index (κ2) is 7.06. The van der Waals surface area contributed by atoms with Gasteiger partial charge in [0.1, 0.15) is 10.7 Å². The van der Waals surface area contributed by atoms with Crippen molar-refractivity contribution < 1.29 is 9.53 Å². The number of ether oxygens (including phenoxy) is 1. The third kappa shape index (κ3) is 4.73. The van der Waals surface area contributed by atoms with E-state index in [1.165, 1.54) is 0 Å². The van der Waals surface area contributed by atoms with Gasteiger partial charge >= 0.3 is 0 Å². The topological polar surface area (TPSA) is 64.3 Å². The first-order chi connectivity index (χ1) is 10.0. The Labute approximate surface area is 132 Å². The molecule has 3 N–H and O–H groups in total. The van der Waals surface area contributed by atoms with E-state index in [4.69, 9.17) is 34.3 Å². The van der Waals surface area contributed by atoms with E-state index in [2.05, 4.69) is 5.32 Å². The predicted molar refractivity (Wildman–Crippen MR) is 87.9 cm³/mol. The number of hydrogen-bond donors (Lipinski definition) is 2. The van der Waals surface area contributed by atoms with Gasteiger partial charge in [0.25, 0.3) is 5.91 Å². The summed E-state index contributed by atoms with van der Waals surface area (Å²) in [5, 5.41) is 3.33. The second-order valence-corrected chi connectivity index (χ2v) is 5.11. The first-order valence-electron chi connectivity index (χ1n) is 6.12. The lowest BCUT2D eigenvalue weighted by atomic mass is 10.2. The van der Waals surface area contributed by atoms with Gasteiger partial charge in [-0.3, -0.25) is 4.79 Å². The van der Waals surface area contributed by atoms with E-state index in [1.54, 1.807) is 48.5 Å². The summed E-state index contributed by atoms with van der Waals surface area (Å²) in [7, 11) is 0. The van der Waals surface area contributed by atoms with Gasteiger partial charge in [-0.2, -0.15) is 0 Å². The van der Waals surface area contributed by atoms with Crippen LogP contribution in [0.3, 0.4) is 0 Å². The van der Waals surface area contributed by atoms with E-state index < -0.39 is 0 Å². The summed E-state index contributed by atoms with van der Waals surface area (Å²) < 4.78 is 5.35. The maximum Gasteiger partial charge on any atom is 0.262 e. The predicted octanol–water partition coefficient (Wildman–Crippen LogP) is 2.99. The summed E-state index contributed by atoms with van der Waals surface area (Å²) in [6, 6.07) is 13.8. The zero-order valence-corrected chi connectivity index (χ0v) is 12.6. The highest BCUT2D eigenvalue weighted by Crippen LogP contribution is 2.15. The van der Waals surface area contributed by atoms with Gasteiger partial charge in [-0.15, -0.1) is 0 Å². The highest BCUT2D eigenvalue weighted by Gasteiger charge is 2.04. The van der Waals surface area contributed by atoms with Gasteiger partial charge in [0.15, 0.2) is 6.61 Å². The Bertz CT molecular complexity index is 642. The van der Waals surface area contributed by atoms with E-state index in [-0.39, 0.29) is 12.5 Å². The minimum atomic E-state index is -0.256. The molecule has 0 heterocycles. The highest BCUT2D eigenvalue weighted by molar-refractivity contribution is 7.80. The number of benzene rings is 2. The van der Waals surface area contributed by atoms with Crippen molar-refractivity contribution in [1.29, 1.82) is 0 Å². The van der Waals surface area contributed by atoms with Crippen molar-refractivity contribution in [3.8, 4) is 5.75 Å². The summed E-state index contributed by atoms with van der Waals surface area (Å²) in [5.41, 5.74) is 6.91. The van der Waals surface area contributed by atoms with E-state index >= 15 is 0 Å². The minimum Gasteiger partial charge on any atom is -0.484 e. The van der Waals surface area contributed by atoms with Crippen LogP contribution in [0, 0.1) is 0 Å². The van der Waals surface area contributed by atoms with Gasteiger partial charge in [0, 0.05) is 16.3 Å². The Hall–Kier alpha value is -2.11. The molecule has 0 aliphatic rings. The molecule has 0 aliphatic heterocycles.